The van der Waals surface area contributed by atoms with Gasteiger partial charge in [0.05, 0.1) is 19.6 Å². The van der Waals surface area contributed by atoms with Crippen molar-refractivity contribution < 1.29 is 24.1 Å². The van der Waals surface area contributed by atoms with Gasteiger partial charge in [0, 0.05) is 12.1 Å². The van der Waals surface area contributed by atoms with Crippen molar-refractivity contribution in [3.63, 3.8) is 0 Å². The summed E-state index contributed by atoms with van der Waals surface area (Å²) in [6.07, 6.45) is 0. The van der Waals surface area contributed by atoms with E-state index in [1.165, 1.54) is 32.4 Å². The van der Waals surface area contributed by atoms with Crippen molar-refractivity contribution in [3.8, 4) is 23.0 Å². The monoisotopic (exact) mass is 302 g/mol. The number of phenolic OH excluding ortho intramolecular Hbond substituents is 2. The van der Waals surface area contributed by atoms with Gasteiger partial charge in [-0.2, -0.15) is 0 Å². The first kappa shape index (κ1) is 14.1. The average molecular weight is 302 g/mol. The molecule has 0 aliphatic carbocycles. The molecule has 0 saturated carbocycles. The first-order chi connectivity index (χ1) is 10.5. The number of aromatic hydroxyl groups is 2. The van der Waals surface area contributed by atoms with E-state index in [0.29, 0.717) is 11.3 Å². The number of phenols is 2. The second kappa shape index (κ2) is 4.84. The normalized spacial score (nSPS) is 11.0. The van der Waals surface area contributed by atoms with Crippen LogP contribution in [-0.4, -0.2) is 24.4 Å². The Bertz CT molecular complexity index is 955. The minimum absolute atomic E-state index is 0.0594. The largest absolute Gasteiger partial charge is 0.507 e. The van der Waals surface area contributed by atoms with Crippen molar-refractivity contribution in [2.45, 2.75) is 6.92 Å². The molecule has 0 radical (unpaired) electrons. The van der Waals surface area contributed by atoms with Crippen LogP contribution in [0.4, 0.5) is 0 Å². The number of methoxy groups -OCH3 is 2. The summed E-state index contributed by atoms with van der Waals surface area (Å²) in [5.41, 5.74) is 0.411. The van der Waals surface area contributed by atoms with Gasteiger partial charge in [0.2, 0.25) is 11.2 Å². The molecular weight excluding hydrogens is 288 g/mol. The molecule has 0 saturated heterocycles. The van der Waals surface area contributed by atoms with Crippen LogP contribution in [0.2, 0.25) is 0 Å². The predicted molar refractivity (Wildman–Crippen MR) is 81.2 cm³/mol. The van der Waals surface area contributed by atoms with Crippen LogP contribution in [-0.2, 0) is 0 Å². The molecule has 0 amide bonds. The zero-order chi connectivity index (χ0) is 16.0. The molecule has 0 fully saturated rings. The van der Waals surface area contributed by atoms with Crippen molar-refractivity contribution >= 4 is 21.9 Å². The Hall–Kier alpha value is -2.89. The second-order valence-electron chi connectivity index (χ2n) is 4.90. The number of benzene rings is 2. The van der Waals surface area contributed by atoms with Crippen molar-refractivity contribution in [2.24, 2.45) is 0 Å². The Morgan fingerprint density at radius 3 is 2.36 bits per heavy atom. The van der Waals surface area contributed by atoms with Gasteiger partial charge in [-0.05, 0) is 18.6 Å². The van der Waals surface area contributed by atoms with E-state index < -0.39 is 5.43 Å². The number of hydrogen-bond acceptors (Lipinski definition) is 6. The Morgan fingerprint density at radius 1 is 1.00 bits per heavy atom. The van der Waals surface area contributed by atoms with Crippen molar-refractivity contribution in [1.29, 1.82) is 0 Å². The maximum absolute atomic E-state index is 12.7. The van der Waals surface area contributed by atoms with Crippen molar-refractivity contribution in [2.75, 3.05) is 14.2 Å². The van der Waals surface area contributed by atoms with Gasteiger partial charge in [0.15, 0.2) is 11.3 Å². The Morgan fingerprint density at radius 2 is 1.73 bits per heavy atom. The molecule has 0 bridgehead atoms. The summed E-state index contributed by atoms with van der Waals surface area (Å²) < 4.78 is 15.9. The molecule has 2 N–H and O–H groups in total. The molecule has 0 aliphatic heterocycles. The van der Waals surface area contributed by atoms with Crippen LogP contribution in [0.5, 0.6) is 23.0 Å². The minimum atomic E-state index is -0.396. The highest BCUT2D eigenvalue weighted by Crippen LogP contribution is 2.39. The number of rotatable bonds is 2. The van der Waals surface area contributed by atoms with E-state index in [4.69, 9.17) is 13.9 Å². The zero-order valence-corrected chi connectivity index (χ0v) is 12.3. The molecule has 114 valence electrons. The Kier molecular flexibility index (Phi) is 3.09. The van der Waals surface area contributed by atoms with E-state index >= 15 is 0 Å². The number of aryl methyl sites for hydroxylation is 1. The molecule has 3 aromatic rings. The van der Waals surface area contributed by atoms with Gasteiger partial charge in [-0.15, -0.1) is 0 Å². The standard InChI is InChI=1S/C16H14O6/c1-7-4-10(18)15(21-3)16-12(7)14(19)13-9(17)5-8(20-2)6-11(13)22-16/h4-6,17-18H,1-3H3. The van der Waals surface area contributed by atoms with Crippen LogP contribution in [0.1, 0.15) is 5.56 Å². The van der Waals surface area contributed by atoms with Gasteiger partial charge < -0.3 is 24.1 Å². The summed E-state index contributed by atoms with van der Waals surface area (Å²) in [6, 6.07) is 4.26. The van der Waals surface area contributed by atoms with Crippen LogP contribution < -0.4 is 14.9 Å². The van der Waals surface area contributed by atoms with Crippen LogP contribution >= 0.6 is 0 Å². The highest BCUT2D eigenvalue weighted by Gasteiger charge is 2.20. The zero-order valence-electron chi connectivity index (χ0n) is 12.3. The molecule has 0 unspecified atom stereocenters. The summed E-state index contributed by atoms with van der Waals surface area (Å²) in [5, 5.41) is 20.3. The predicted octanol–water partition coefficient (Wildman–Crippen LogP) is 2.68. The molecule has 0 aliphatic rings. The fourth-order valence-corrected chi connectivity index (χ4v) is 2.57. The highest BCUT2D eigenvalue weighted by atomic mass is 16.5. The fourth-order valence-electron chi connectivity index (χ4n) is 2.57. The van der Waals surface area contributed by atoms with Gasteiger partial charge in [-0.3, -0.25) is 4.79 Å². The SMILES string of the molecule is COc1cc(O)c2c(=O)c3c(C)cc(O)c(OC)c3oc2c1. The summed E-state index contributed by atoms with van der Waals surface area (Å²) in [4.78, 5) is 12.7. The van der Waals surface area contributed by atoms with Gasteiger partial charge in [0.1, 0.15) is 22.5 Å². The molecule has 0 spiro atoms. The topological polar surface area (TPSA) is 89.1 Å². The lowest BCUT2D eigenvalue weighted by Gasteiger charge is -2.11. The van der Waals surface area contributed by atoms with E-state index in [2.05, 4.69) is 0 Å². The summed E-state index contributed by atoms with van der Waals surface area (Å²) in [7, 11) is 2.81. The van der Waals surface area contributed by atoms with Gasteiger partial charge in [-0.25, -0.2) is 0 Å². The minimum Gasteiger partial charge on any atom is -0.507 e. The lowest BCUT2D eigenvalue weighted by atomic mass is 10.1. The summed E-state index contributed by atoms with van der Waals surface area (Å²) >= 11 is 0. The maximum atomic E-state index is 12.7. The molecule has 22 heavy (non-hydrogen) atoms. The summed E-state index contributed by atoms with van der Waals surface area (Å²) in [5.74, 6) is 0.0730. The first-order valence-corrected chi connectivity index (χ1v) is 6.52. The first-order valence-electron chi connectivity index (χ1n) is 6.52. The fraction of sp³-hybridized carbons (Fsp3) is 0.188. The molecule has 6 nitrogen and oxygen atoms in total. The molecule has 2 aromatic carbocycles. The average Bonchev–Trinajstić information content (AvgIpc) is 2.46. The van der Waals surface area contributed by atoms with Crippen LogP contribution in [0.3, 0.4) is 0 Å². The third-order valence-corrected chi connectivity index (χ3v) is 3.57. The third-order valence-electron chi connectivity index (χ3n) is 3.57. The molecule has 1 aromatic heterocycles. The maximum Gasteiger partial charge on any atom is 0.204 e. The Labute approximate surface area is 125 Å². The van der Waals surface area contributed by atoms with E-state index in [-0.39, 0.29) is 39.2 Å². The van der Waals surface area contributed by atoms with Gasteiger partial charge in [-0.1, -0.05) is 0 Å². The van der Waals surface area contributed by atoms with Gasteiger partial charge in [0.25, 0.3) is 0 Å². The lowest BCUT2D eigenvalue weighted by molar-refractivity contribution is 0.371. The van der Waals surface area contributed by atoms with Crippen molar-refractivity contribution in [3.05, 3.63) is 34.0 Å². The molecular formula is C16H14O6. The van der Waals surface area contributed by atoms with E-state index in [9.17, 15) is 15.0 Å². The number of hydrogen-bond donors (Lipinski definition) is 2. The number of ether oxygens (including phenoxy) is 2. The molecule has 6 heteroatoms. The summed E-state index contributed by atoms with van der Waals surface area (Å²) in [6.45, 7) is 1.67. The second-order valence-corrected chi connectivity index (χ2v) is 4.90. The molecule has 0 atom stereocenters. The van der Waals surface area contributed by atoms with Crippen LogP contribution in [0.25, 0.3) is 21.9 Å². The van der Waals surface area contributed by atoms with Crippen molar-refractivity contribution in [1.82, 2.24) is 0 Å². The van der Waals surface area contributed by atoms with Crippen LogP contribution in [0, 0.1) is 6.92 Å². The van der Waals surface area contributed by atoms with E-state index in [1.54, 1.807) is 6.92 Å². The smallest absolute Gasteiger partial charge is 0.204 e. The van der Waals surface area contributed by atoms with E-state index in [0.717, 1.165) is 0 Å². The lowest BCUT2D eigenvalue weighted by Crippen LogP contribution is -2.05. The van der Waals surface area contributed by atoms with Crippen LogP contribution in [0.15, 0.2) is 27.4 Å². The Balaban J connectivity index is 2.61. The molecule has 3 rings (SSSR count). The highest BCUT2D eigenvalue weighted by molar-refractivity contribution is 5.98. The molecule has 1 heterocycles. The van der Waals surface area contributed by atoms with E-state index in [1.807, 2.05) is 0 Å². The van der Waals surface area contributed by atoms with Gasteiger partial charge >= 0.3 is 0 Å². The quantitative estimate of drug-likeness (QED) is 0.707. The number of fused-ring (bicyclic) bond motifs is 2. The third kappa shape index (κ3) is 1.84.